The number of likely N-dealkylation sites (tertiary alicyclic amines) is 2. The molecule has 190 valence electrons. The number of carbonyl (C=O) groups excluding carboxylic acids is 1. The highest BCUT2D eigenvalue weighted by atomic mass is 32.2. The van der Waals surface area contributed by atoms with Crippen molar-refractivity contribution in [1.29, 1.82) is 0 Å². The summed E-state index contributed by atoms with van der Waals surface area (Å²) in [5.41, 5.74) is 5.04. The third-order valence-electron chi connectivity index (χ3n) is 7.92. The lowest BCUT2D eigenvalue weighted by molar-refractivity contribution is 0.118. The zero-order valence-corrected chi connectivity index (χ0v) is 21.9. The fourth-order valence-corrected chi connectivity index (χ4v) is 6.49. The predicted octanol–water partition coefficient (Wildman–Crippen LogP) is 3.42. The molecule has 3 saturated heterocycles. The van der Waals surface area contributed by atoms with Crippen molar-refractivity contribution >= 4 is 33.0 Å². The zero-order valence-electron chi connectivity index (χ0n) is 21.0. The van der Waals surface area contributed by atoms with Crippen LogP contribution in [0.3, 0.4) is 0 Å². The third kappa shape index (κ3) is 5.51. The summed E-state index contributed by atoms with van der Waals surface area (Å²) in [5, 5.41) is 4.16. The summed E-state index contributed by atoms with van der Waals surface area (Å²) in [7, 11) is -2.40. The smallest absolute Gasteiger partial charge is 0.344 e. The van der Waals surface area contributed by atoms with E-state index in [1.54, 1.807) is 6.20 Å². The third-order valence-corrected chi connectivity index (χ3v) is 8.58. The van der Waals surface area contributed by atoms with Gasteiger partial charge in [0.05, 0.1) is 18.1 Å². The van der Waals surface area contributed by atoms with Gasteiger partial charge in [-0.1, -0.05) is 6.07 Å². The van der Waals surface area contributed by atoms with E-state index in [-0.39, 0.29) is 6.03 Å². The molecular weight excluding hydrogens is 460 g/mol. The van der Waals surface area contributed by atoms with Gasteiger partial charge in [0.25, 0.3) is 0 Å². The summed E-state index contributed by atoms with van der Waals surface area (Å²) in [5.74, 6) is 3.59. The number of hydrogen-bond donors (Lipinski definition) is 1. The van der Waals surface area contributed by atoms with Crippen molar-refractivity contribution in [2.75, 3.05) is 55.1 Å². The van der Waals surface area contributed by atoms with Gasteiger partial charge in [0, 0.05) is 60.9 Å². The minimum atomic E-state index is -2.40. The van der Waals surface area contributed by atoms with E-state index in [1.165, 1.54) is 66.3 Å². The molecule has 3 fully saturated rings. The first kappa shape index (κ1) is 24.2. The lowest BCUT2D eigenvalue weighted by atomic mass is 9.78. The van der Waals surface area contributed by atoms with E-state index in [0.29, 0.717) is 11.1 Å². The van der Waals surface area contributed by atoms with Crippen LogP contribution in [0.25, 0.3) is 0 Å². The summed E-state index contributed by atoms with van der Waals surface area (Å²) in [6, 6.07) is 6.87. The van der Waals surface area contributed by atoms with Gasteiger partial charge in [-0.25, -0.2) is 9.00 Å². The molecule has 1 spiro atoms. The first-order chi connectivity index (χ1) is 16.7. The normalized spacial score (nSPS) is 22.0. The van der Waals surface area contributed by atoms with Gasteiger partial charge in [-0.15, -0.1) is 0 Å². The van der Waals surface area contributed by atoms with Crippen molar-refractivity contribution in [3.8, 4) is 0 Å². The zero-order chi connectivity index (χ0) is 24.6. The Kier molecular flexibility index (Phi) is 6.57. The minimum Gasteiger partial charge on any atom is -0.372 e. The van der Waals surface area contributed by atoms with Gasteiger partial charge in [-0.2, -0.15) is 9.78 Å². The molecule has 0 bridgehead atoms. The van der Waals surface area contributed by atoms with Crippen molar-refractivity contribution < 1.29 is 9.00 Å². The first-order valence-electron chi connectivity index (χ1n) is 12.7. The average molecular weight is 499 g/mol. The number of nitrogens with one attached hydrogen (secondary N) is 1. The lowest BCUT2D eigenvalue weighted by Gasteiger charge is -2.39. The lowest BCUT2D eigenvalue weighted by Crippen LogP contribution is -2.45. The Bertz CT molecular complexity index is 1180. The molecule has 1 N–H and O–H groups in total. The molecule has 4 heterocycles. The van der Waals surface area contributed by atoms with E-state index >= 15 is 0 Å². The molecule has 9 heteroatoms. The van der Waals surface area contributed by atoms with E-state index in [4.69, 9.17) is 0 Å². The first-order valence-corrected chi connectivity index (χ1v) is 14.8. The van der Waals surface area contributed by atoms with Crippen LogP contribution in [0.1, 0.15) is 43.2 Å². The van der Waals surface area contributed by atoms with Crippen molar-refractivity contribution in [1.82, 2.24) is 19.6 Å². The van der Waals surface area contributed by atoms with E-state index in [9.17, 15) is 9.00 Å². The number of amides is 1. The Balaban J connectivity index is 1.15. The molecule has 0 radical (unpaired) electrons. The summed E-state index contributed by atoms with van der Waals surface area (Å²) in [4.78, 5) is 19.9. The van der Waals surface area contributed by atoms with Crippen LogP contribution in [0, 0.1) is 12.3 Å². The second-order valence-electron chi connectivity index (χ2n) is 10.8. The highest BCUT2D eigenvalue weighted by molar-refractivity contribution is 8.00. The van der Waals surface area contributed by atoms with Gasteiger partial charge in [-0.3, -0.25) is 4.90 Å². The van der Waals surface area contributed by atoms with Crippen LogP contribution in [0.15, 0.2) is 30.6 Å². The molecule has 1 amide bonds. The quantitative estimate of drug-likeness (QED) is 0.640. The molecular formula is C26H38N6O2S. The molecule has 2 aromatic rings. The van der Waals surface area contributed by atoms with Crippen LogP contribution < -0.4 is 9.62 Å². The van der Waals surface area contributed by atoms with Crippen LogP contribution in [0.2, 0.25) is 0 Å². The maximum absolute atomic E-state index is 12.9. The number of aryl methyl sites for hydroxylation is 1. The molecule has 0 saturated carbocycles. The van der Waals surface area contributed by atoms with Gasteiger partial charge in [-0.05, 0) is 80.1 Å². The monoisotopic (exact) mass is 498 g/mol. The van der Waals surface area contributed by atoms with Gasteiger partial charge in [0.2, 0.25) is 0 Å². The summed E-state index contributed by atoms with van der Waals surface area (Å²) < 4.78 is 16.0. The van der Waals surface area contributed by atoms with Crippen molar-refractivity contribution in [2.45, 2.75) is 45.6 Å². The standard InChI is InChI=1S/C26H38N6O2S/c1-21-16-24(30-11-4-5-12-30)7-6-22(21)18-29-13-8-26(20-29)9-14-31(15-10-26)25(33)32-19-23(17-27-32)28-35(2,3)34/h6-7,16-17,19H,2,4-5,8-15,18,20H2,1,3H3,(H,28,34). The molecule has 1 aromatic heterocycles. The molecule has 3 aliphatic heterocycles. The van der Waals surface area contributed by atoms with Gasteiger partial charge in [0.15, 0.2) is 0 Å². The van der Waals surface area contributed by atoms with Crippen LogP contribution in [-0.2, 0) is 16.3 Å². The van der Waals surface area contributed by atoms with Crippen molar-refractivity contribution in [3.05, 3.63) is 41.7 Å². The van der Waals surface area contributed by atoms with Gasteiger partial charge >= 0.3 is 6.03 Å². The van der Waals surface area contributed by atoms with E-state index < -0.39 is 9.71 Å². The molecule has 3 aliphatic rings. The topological polar surface area (TPSA) is 73.7 Å². The Morgan fingerprint density at radius 1 is 1.14 bits per heavy atom. The van der Waals surface area contributed by atoms with E-state index in [0.717, 1.165) is 45.6 Å². The highest BCUT2D eigenvalue weighted by Gasteiger charge is 2.41. The number of nitrogens with zero attached hydrogens (tertiary/aromatic N) is 5. The number of piperidine rings is 1. The fourth-order valence-electron chi connectivity index (χ4n) is 5.89. The van der Waals surface area contributed by atoms with E-state index in [2.05, 4.69) is 50.6 Å². The highest BCUT2D eigenvalue weighted by Crippen LogP contribution is 2.41. The maximum Gasteiger partial charge on any atom is 0.344 e. The second kappa shape index (κ2) is 9.50. The molecule has 1 atom stereocenters. The van der Waals surface area contributed by atoms with Crippen molar-refractivity contribution in [3.63, 3.8) is 0 Å². The summed E-state index contributed by atoms with van der Waals surface area (Å²) in [6.45, 7) is 9.34. The van der Waals surface area contributed by atoms with Gasteiger partial charge < -0.3 is 14.5 Å². The van der Waals surface area contributed by atoms with Crippen LogP contribution in [-0.4, -0.2) is 81.2 Å². The molecule has 8 nitrogen and oxygen atoms in total. The van der Waals surface area contributed by atoms with Crippen LogP contribution in [0.5, 0.6) is 0 Å². The van der Waals surface area contributed by atoms with Crippen molar-refractivity contribution in [2.24, 2.45) is 5.41 Å². The summed E-state index contributed by atoms with van der Waals surface area (Å²) >= 11 is 0. The average Bonchev–Trinajstić information content (AvgIpc) is 3.57. The number of carbonyl (C=O) groups is 1. The maximum atomic E-state index is 12.9. The summed E-state index contributed by atoms with van der Waals surface area (Å²) in [6.07, 6.45) is 10.5. The second-order valence-corrected chi connectivity index (χ2v) is 13.0. The van der Waals surface area contributed by atoms with Crippen LogP contribution in [0.4, 0.5) is 16.2 Å². The SMILES string of the molecule is C=S(C)(=O)Nc1cnn(C(=O)N2CCC3(CCN(Cc4ccc(N5CCCC5)cc4C)C3)CC2)c1. The Hall–Kier alpha value is -2.52. The van der Waals surface area contributed by atoms with Gasteiger partial charge in [0.1, 0.15) is 0 Å². The Morgan fingerprint density at radius 3 is 2.54 bits per heavy atom. The number of rotatable bonds is 5. The Labute approximate surface area is 209 Å². The van der Waals surface area contributed by atoms with Crippen LogP contribution >= 0.6 is 0 Å². The number of aromatic nitrogens is 2. The fraction of sp³-hybridized carbons (Fsp3) is 0.577. The molecule has 35 heavy (non-hydrogen) atoms. The molecule has 1 aromatic carbocycles. The minimum absolute atomic E-state index is 0.122. The Morgan fingerprint density at radius 2 is 1.86 bits per heavy atom. The number of hydrogen-bond acceptors (Lipinski definition) is 5. The van der Waals surface area contributed by atoms with E-state index in [1.807, 2.05) is 4.90 Å². The molecule has 1 unspecified atom stereocenters. The number of benzene rings is 1. The predicted molar refractivity (Wildman–Crippen MR) is 144 cm³/mol. The number of anilines is 2. The molecule has 0 aliphatic carbocycles. The largest absolute Gasteiger partial charge is 0.372 e. The molecule has 5 rings (SSSR count).